The number of amides is 2. The minimum Gasteiger partial charge on any atom is -0.340 e. The van der Waals surface area contributed by atoms with E-state index in [0.717, 1.165) is 11.4 Å². The molecule has 2 amide bonds. The van der Waals surface area contributed by atoms with E-state index in [1.54, 1.807) is 12.1 Å². The zero-order chi connectivity index (χ0) is 18.6. The van der Waals surface area contributed by atoms with Crippen LogP contribution < -0.4 is 16.2 Å². The number of rotatable bonds is 5. The van der Waals surface area contributed by atoms with Crippen molar-refractivity contribution < 1.29 is 9.59 Å². The van der Waals surface area contributed by atoms with Gasteiger partial charge in [-0.1, -0.05) is 29.3 Å². The first kappa shape index (κ1) is 19.0. The van der Waals surface area contributed by atoms with Gasteiger partial charge in [-0.05, 0) is 39.0 Å². The number of benzene rings is 1. The molecule has 2 rings (SSSR count). The number of anilines is 1. The first-order chi connectivity index (χ1) is 11.8. The molecule has 0 spiro atoms. The van der Waals surface area contributed by atoms with E-state index in [0.29, 0.717) is 0 Å². The summed E-state index contributed by atoms with van der Waals surface area (Å²) in [6.07, 6.45) is 0. The van der Waals surface area contributed by atoms with Gasteiger partial charge in [-0.15, -0.1) is 0 Å². The molecule has 1 aromatic heterocycles. The highest BCUT2D eigenvalue weighted by molar-refractivity contribution is 6.43. The number of halogens is 2. The maximum absolute atomic E-state index is 12.2. The van der Waals surface area contributed by atoms with Crippen LogP contribution in [0.5, 0.6) is 0 Å². The van der Waals surface area contributed by atoms with Crippen molar-refractivity contribution in [3.05, 3.63) is 51.3 Å². The van der Waals surface area contributed by atoms with Gasteiger partial charge in [0.05, 0.1) is 15.6 Å². The highest BCUT2D eigenvalue weighted by atomic mass is 35.5. The van der Waals surface area contributed by atoms with Crippen LogP contribution in [-0.4, -0.2) is 27.8 Å². The Balaban J connectivity index is 1.95. The molecule has 0 radical (unpaired) electrons. The number of nitrogens with zero attached hydrogens (tertiary/aromatic N) is 2. The molecular formula is C16H17Cl2N5O2. The predicted octanol–water partition coefficient (Wildman–Crippen LogP) is 2.66. The van der Waals surface area contributed by atoms with Crippen molar-refractivity contribution in [3.8, 4) is 0 Å². The number of hydrazine groups is 1. The molecule has 0 saturated heterocycles. The van der Waals surface area contributed by atoms with E-state index in [1.165, 1.54) is 13.0 Å². The maximum Gasteiger partial charge on any atom is 0.260 e. The Labute approximate surface area is 155 Å². The molecule has 132 valence electrons. The second kappa shape index (κ2) is 8.13. The van der Waals surface area contributed by atoms with Crippen molar-refractivity contribution in [3.63, 3.8) is 0 Å². The lowest BCUT2D eigenvalue weighted by atomic mass is 10.2. The quantitative estimate of drug-likeness (QED) is 0.691. The zero-order valence-electron chi connectivity index (χ0n) is 13.9. The van der Waals surface area contributed by atoms with Crippen LogP contribution in [0.3, 0.4) is 0 Å². The predicted molar refractivity (Wildman–Crippen MR) is 96.7 cm³/mol. The first-order valence-corrected chi connectivity index (χ1v) is 8.16. The summed E-state index contributed by atoms with van der Waals surface area (Å²) < 4.78 is 0. The Morgan fingerprint density at radius 3 is 2.40 bits per heavy atom. The number of aryl methyl sites for hydroxylation is 2. The summed E-state index contributed by atoms with van der Waals surface area (Å²) in [6.45, 7) is 5.17. The Hall–Kier alpha value is -2.38. The molecule has 25 heavy (non-hydrogen) atoms. The topological polar surface area (TPSA) is 96.0 Å². The minimum atomic E-state index is -0.819. The summed E-state index contributed by atoms with van der Waals surface area (Å²) in [6, 6.07) is 5.69. The standard InChI is InChI=1S/C16H17Cl2N5O2/c1-8-7-9(2)20-16(19-8)23-22-14(24)10(3)21-15(25)11-5-4-6-12(17)13(11)18/h4-7,10H,1-3H3,(H,21,25)(H,22,24)(H,19,20,23). The smallest absolute Gasteiger partial charge is 0.260 e. The van der Waals surface area contributed by atoms with E-state index in [4.69, 9.17) is 23.2 Å². The molecule has 2 aromatic rings. The third kappa shape index (κ3) is 5.04. The molecule has 1 atom stereocenters. The Morgan fingerprint density at radius 1 is 1.12 bits per heavy atom. The number of hydrogen-bond donors (Lipinski definition) is 3. The molecule has 0 aliphatic carbocycles. The molecule has 0 aliphatic heterocycles. The van der Waals surface area contributed by atoms with Crippen molar-refractivity contribution in [2.45, 2.75) is 26.8 Å². The molecule has 0 fully saturated rings. The van der Waals surface area contributed by atoms with Gasteiger partial charge in [0.1, 0.15) is 6.04 Å². The molecule has 1 heterocycles. The fraction of sp³-hybridized carbons (Fsp3) is 0.250. The molecule has 7 nitrogen and oxygen atoms in total. The Kier molecular flexibility index (Phi) is 6.17. The average molecular weight is 382 g/mol. The number of carbonyl (C=O) groups excluding carboxylic acids is 2. The van der Waals surface area contributed by atoms with Gasteiger partial charge in [-0.25, -0.2) is 9.97 Å². The third-order valence-corrected chi connectivity index (χ3v) is 4.04. The van der Waals surface area contributed by atoms with Crippen LogP contribution in [0.25, 0.3) is 0 Å². The molecule has 0 saturated carbocycles. The van der Waals surface area contributed by atoms with Gasteiger partial charge < -0.3 is 5.32 Å². The Bertz CT molecular complexity index is 793. The first-order valence-electron chi connectivity index (χ1n) is 7.41. The van der Waals surface area contributed by atoms with Gasteiger partial charge in [-0.2, -0.15) is 0 Å². The van der Waals surface area contributed by atoms with Crippen molar-refractivity contribution >= 4 is 41.0 Å². The van der Waals surface area contributed by atoms with Gasteiger partial charge >= 0.3 is 0 Å². The van der Waals surface area contributed by atoms with Crippen molar-refractivity contribution in [1.82, 2.24) is 20.7 Å². The van der Waals surface area contributed by atoms with Crippen LogP contribution in [0.2, 0.25) is 10.0 Å². The highest BCUT2D eigenvalue weighted by Crippen LogP contribution is 2.25. The van der Waals surface area contributed by atoms with Gasteiger partial charge in [0.15, 0.2) is 0 Å². The summed E-state index contributed by atoms with van der Waals surface area (Å²) in [5, 5.41) is 2.95. The van der Waals surface area contributed by atoms with Crippen LogP contribution >= 0.6 is 23.2 Å². The van der Waals surface area contributed by atoms with Crippen molar-refractivity contribution in [2.75, 3.05) is 5.43 Å². The summed E-state index contributed by atoms with van der Waals surface area (Å²) in [7, 11) is 0. The fourth-order valence-electron chi connectivity index (χ4n) is 2.03. The van der Waals surface area contributed by atoms with Gasteiger partial charge in [0, 0.05) is 11.4 Å². The second-order valence-electron chi connectivity index (χ2n) is 5.39. The second-order valence-corrected chi connectivity index (χ2v) is 6.17. The largest absolute Gasteiger partial charge is 0.340 e. The third-order valence-electron chi connectivity index (χ3n) is 3.22. The van der Waals surface area contributed by atoms with Gasteiger partial charge in [0.2, 0.25) is 5.95 Å². The maximum atomic E-state index is 12.2. The monoisotopic (exact) mass is 381 g/mol. The number of nitrogens with one attached hydrogen (secondary N) is 3. The molecule has 1 unspecified atom stereocenters. The molecule has 0 bridgehead atoms. The zero-order valence-corrected chi connectivity index (χ0v) is 15.4. The van der Waals surface area contributed by atoms with Crippen LogP contribution in [0.4, 0.5) is 5.95 Å². The van der Waals surface area contributed by atoms with E-state index in [9.17, 15) is 9.59 Å². The normalized spacial score (nSPS) is 11.6. The van der Waals surface area contributed by atoms with E-state index < -0.39 is 17.9 Å². The minimum absolute atomic E-state index is 0.135. The number of carbonyl (C=O) groups is 2. The molecule has 3 N–H and O–H groups in total. The van der Waals surface area contributed by atoms with Gasteiger partial charge in [0.25, 0.3) is 11.8 Å². The summed E-state index contributed by atoms with van der Waals surface area (Å²) >= 11 is 11.9. The van der Waals surface area contributed by atoms with E-state index in [1.807, 2.05) is 19.9 Å². The van der Waals surface area contributed by atoms with Crippen LogP contribution in [0.1, 0.15) is 28.7 Å². The van der Waals surface area contributed by atoms with Crippen LogP contribution in [0, 0.1) is 13.8 Å². The van der Waals surface area contributed by atoms with Gasteiger partial charge in [-0.3, -0.25) is 20.4 Å². The fourth-order valence-corrected chi connectivity index (χ4v) is 2.41. The van der Waals surface area contributed by atoms with E-state index >= 15 is 0 Å². The number of aromatic nitrogens is 2. The van der Waals surface area contributed by atoms with E-state index in [2.05, 4.69) is 26.1 Å². The van der Waals surface area contributed by atoms with Crippen LogP contribution in [0.15, 0.2) is 24.3 Å². The molecule has 1 aromatic carbocycles. The summed E-state index contributed by atoms with van der Waals surface area (Å²) in [4.78, 5) is 32.6. The lowest BCUT2D eigenvalue weighted by Crippen LogP contribution is -2.46. The molecule has 0 aliphatic rings. The summed E-state index contributed by atoms with van der Waals surface area (Å²) in [5.74, 6) is -0.700. The number of hydrogen-bond acceptors (Lipinski definition) is 5. The lowest BCUT2D eigenvalue weighted by Gasteiger charge is -2.15. The average Bonchev–Trinajstić information content (AvgIpc) is 2.54. The van der Waals surface area contributed by atoms with Crippen molar-refractivity contribution in [1.29, 1.82) is 0 Å². The highest BCUT2D eigenvalue weighted by Gasteiger charge is 2.19. The SMILES string of the molecule is Cc1cc(C)nc(NNC(=O)C(C)NC(=O)c2cccc(Cl)c2Cl)n1. The molecular weight excluding hydrogens is 365 g/mol. The van der Waals surface area contributed by atoms with Crippen LogP contribution in [-0.2, 0) is 4.79 Å². The molecule has 9 heteroatoms. The lowest BCUT2D eigenvalue weighted by molar-refractivity contribution is -0.122. The Morgan fingerprint density at radius 2 is 1.76 bits per heavy atom. The summed E-state index contributed by atoms with van der Waals surface area (Å²) in [5.41, 5.74) is 6.79. The van der Waals surface area contributed by atoms with E-state index in [-0.39, 0.29) is 21.6 Å². The van der Waals surface area contributed by atoms with Crippen molar-refractivity contribution in [2.24, 2.45) is 0 Å².